The zero-order valence-electron chi connectivity index (χ0n) is 14.4. The molecule has 3 rings (SSSR count). The molecule has 124 valence electrons. The van der Waals surface area contributed by atoms with Gasteiger partial charge in [-0.15, -0.1) is 0 Å². The lowest BCUT2D eigenvalue weighted by Crippen LogP contribution is -2.09. The van der Waals surface area contributed by atoms with E-state index >= 15 is 0 Å². The summed E-state index contributed by atoms with van der Waals surface area (Å²) >= 11 is 0. The van der Waals surface area contributed by atoms with E-state index in [4.69, 9.17) is 9.47 Å². The van der Waals surface area contributed by atoms with Gasteiger partial charge in [0.1, 0.15) is 11.5 Å². The highest BCUT2D eigenvalue weighted by Crippen LogP contribution is 2.30. The molecule has 1 N–H and O–H groups in total. The zero-order valence-corrected chi connectivity index (χ0v) is 14.4. The lowest BCUT2D eigenvalue weighted by atomic mass is 10.0. The molecule has 0 saturated heterocycles. The molecular formula is C21H23NO2. The SMILES string of the molecule is COc1ccc(NCc2c(OC(C)C)ccc3ccccc23)cc1. The summed E-state index contributed by atoms with van der Waals surface area (Å²) in [6.07, 6.45) is 0.144. The maximum Gasteiger partial charge on any atom is 0.125 e. The van der Waals surface area contributed by atoms with Crippen molar-refractivity contribution >= 4 is 16.5 Å². The highest BCUT2D eigenvalue weighted by atomic mass is 16.5. The van der Waals surface area contributed by atoms with Crippen LogP contribution in [0.25, 0.3) is 10.8 Å². The van der Waals surface area contributed by atoms with Crippen LogP contribution in [0, 0.1) is 0 Å². The molecule has 0 heterocycles. The number of anilines is 1. The Bertz CT molecular complexity index is 810. The van der Waals surface area contributed by atoms with Crippen LogP contribution in [-0.4, -0.2) is 13.2 Å². The summed E-state index contributed by atoms with van der Waals surface area (Å²) in [4.78, 5) is 0. The Morgan fingerprint density at radius 2 is 1.67 bits per heavy atom. The lowest BCUT2D eigenvalue weighted by molar-refractivity contribution is 0.240. The Morgan fingerprint density at radius 3 is 2.38 bits per heavy atom. The molecule has 0 unspecified atom stereocenters. The highest BCUT2D eigenvalue weighted by Gasteiger charge is 2.10. The fourth-order valence-corrected chi connectivity index (χ4v) is 2.76. The van der Waals surface area contributed by atoms with Crippen LogP contribution in [0.15, 0.2) is 60.7 Å². The summed E-state index contributed by atoms with van der Waals surface area (Å²) in [7, 11) is 1.67. The summed E-state index contributed by atoms with van der Waals surface area (Å²) < 4.78 is 11.2. The monoisotopic (exact) mass is 321 g/mol. The van der Waals surface area contributed by atoms with Crippen LogP contribution >= 0.6 is 0 Å². The van der Waals surface area contributed by atoms with E-state index in [1.54, 1.807) is 7.11 Å². The van der Waals surface area contributed by atoms with Crippen LogP contribution < -0.4 is 14.8 Å². The summed E-state index contributed by atoms with van der Waals surface area (Å²) in [5, 5.41) is 5.92. The molecule has 0 bridgehead atoms. The second kappa shape index (κ2) is 7.26. The van der Waals surface area contributed by atoms with Gasteiger partial charge in [0, 0.05) is 17.8 Å². The van der Waals surface area contributed by atoms with E-state index in [1.165, 1.54) is 16.3 Å². The number of nitrogens with one attached hydrogen (secondary N) is 1. The van der Waals surface area contributed by atoms with Gasteiger partial charge in [0.25, 0.3) is 0 Å². The third-order valence-corrected chi connectivity index (χ3v) is 3.92. The normalized spacial score (nSPS) is 10.8. The zero-order chi connectivity index (χ0) is 16.9. The molecule has 3 nitrogen and oxygen atoms in total. The molecule has 0 aliphatic rings. The van der Waals surface area contributed by atoms with Crippen molar-refractivity contribution in [2.75, 3.05) is 12.4 Å². The number of hydrogen-bond donors (Lipinski definition) is 1. The van der Waals surface area contributed by atoms with Gasteiger partial charge in [-0.1, -0.05) is 30.3 Å². The average Bonchev–Trinajstić information content (AvgIpc) is 2.60. The first-order valence-electron chi connectivity index (χ1n) is 8.22. The van der Waals surface area contributed by atoms with E-state index in [0.717, 1.165) is 17.2 Å². The number of fused-ring (bicyclic) bond motifs is 1. The Balaban J connectivity index is 1.90. The molecule has 24 heavy (non-hydrogen) atoms. The first-order chi connectivity index (χ1) is 11.7. The fourth-order valence-electron chi connectivity index (χ4n) is 2.76. The third kappa shape index (κ3) is 3.62. The molecule has 0 atom stereocenters. The number of methoxy groups -OCH3 is 1. The number of hydrogen-bond acceptors (Lipinski definition) is 3. The van der Waals surface area contributed by atoms with Gasteiger partial charge in [0.05, 0.1) is 13.2 Å². The van der Waals surface area contributed by atoms with Crippen molar-refractivity contribution in [3.8, 4) is 11.5 Å². The first kappa shape index (κ1) is 16.2. The van der Waals surface area contributed by atoms with Crippen molar-refractivity contribution in [1.29, 1.82) is 0 Å². The van der Waals surface area contributed by atoms with Crippen molar-refractivity contribution < 1.29 is 9.47 Å². The third-order valence-electron chi connectivity index (χ3n) is 3.92. The van der Waals surface area contributed by atoms with Crippen molar-refractivity contribution in [2.24, 2.45) is 0 Å². The molecule has 0 saturated carbocycles. The minimum Gasteiger partial charge on any atom is -0.497 e. The van der Waals surface area contributed by atoms with Crippen LogP contribution in [0.2, 0.25) is 0 Å². The number of benzene rings is 3. The van der Waals surface area contributed by atoms with Gasteiger partial charge in [-0.25, -0.2) is 0 Å². The quantitative estimate of drug-likeness (QED) is 0.673. The number of rotatable bonds is 6. The Hall–Kier alpha value is -2.68. The summed E-state index contributed by atoms with van der Waals surface area (Å²) in [5.41, 5.74) is 2.23. The maximum absolute atomic E-state index is 6.02. The Kier molecular flexibility index (Phi) is 4.90. The van der Waals surface area contributed by atoms with Crippen LogP contribution in [0.1, 0.15) is 19.4 Å². The van der Waals surface area contributed by atoms with Crippen LogP contribution in [0.4, 0.5) is 5.69 Å². The summed E-state index contributed by atoms with van der Waals surface area (Å²) in [6.45, 7) is 4.81. The standard InChI is InChI=1S/C21H23NO2/c1-15(2)24-21-13-8-16-6-4-5-7-19(16)20(21)14-22-17-9-11-18(23-3)12-10-17/h4-13,15,22H,14H2,1-3H3. The molecule has 0 aromatic heterocycles. The van der Waals surface area contributed by atoms with Crippen LogP contribution in [-0.2, 0) is 6.54 Å². The molecular weight excluding hydrogens is 298 g/mol. The van der Waals surface area contributed by atoms with Gasteiger partial charge in [-0.2, -0.15) is 0 Å². The molecule has 0 amide bonds. The van der Waals surface area contributed by atoms with Gasteiger partial charge in [0.2, 0.25) is 0 Å². The largest absolute Gasteiger partial charge is 0.497 e. The van der Waals surface area contributed by atoms with E-state index in [-0.39, 0.29) is 6.10 Å². The highest BCUT2D eigenvalue weighted by molar-refractivity contribution is 5.88. The van der Waals surface area contributed by atoms with E-state index < -0.39 is 0 Å². The van der Waals surface area contributed by atoms with Gasteiger partial charge in [-0.05, 0) is 55.0 Å². The molecule has 3 aromatic carbocycles. The molecule has 0 aliphatic carbocycles. The lowest BCUT2D eigenvalue weighted by Gasteiger charge is -2.17. The minimum absolute atomic E-state index is 0.144. The summed E-state index contributed by atoms with van der Waals surface area (Å²) in [6, 6.07) is 20.5. The predicted molar refractivity (Wildman–Crippen MR) is 100 cm³/mol. The molecule has 3 heteroatoms. The second-order valence-electron chi connectivity index (χ2n) is 6.01. The second-order valence-corrected chi connectivity index (χ2v) is 6.01. The predicted octanol–water partition coefficient (Wildman–Crippen LogP) is 5.25. The smallest absolute Gasteiger partial charge is 0.125 e. The van der Waals surface area contributed by atoms with Crippen molar-refractivity contribution in [2.45, 2.75) is 26.5 Å². The van der Waals surface area contributed by atoms with Crippen molar-refractivity contribution in [1.82, 2.24) is 0 Å². The first-order valence-corrected chi connectivity index (χ1v) is 8.22. The van der Waals surface area contributed by atoms with Gasteiger partial charge < -0.3 is 14.8 Å². The minimum atomic E-state index is 0.144. The van der Waals surface area contributed by atoms with Gasteiger partial charge in [0.15, 0.2) is 0 Å². The van der Waals surface area contributed by atoms with Crippen molar-refractivity contribution in [3.63, 3.8) is 0 Å². The Morgan fingerprint density at radius 1 is 0.917 bits per heavy atom. The van der Waals surface area contributed by atoms with E-state index in [9.17, 15) is 0 Å². The van der Waals surface area contributed by atoms with E-state index in [2.05, 4.69) is 55.6 Å². The van der Waals surface area contributed by atoms with Crippen LogP contribution in [0.3, 0.4) is 0 Å². The molecule has 0 spiro atoms. The topological polar surface area (TPSA) is 30.5 Å². The number of ether oxygens (including phenoxy) is 2. The summed E-state index contributed by atoms with van der Waals surface area (Å²) in [5.74, 6) is 1.79. The molecule has 0 radical (unpaired) electrons. The van der Waals surface area contributed by atoms with E-state index in [0.29, 0.717) is 6.54 Å². The van der Waals surface area contributed by atoms with Gasteiger partial charge >= 0.3 is 0 Å². The molecule has 0 fully saturated rings. The molecule has 3 aromatic rings. The van der Waals surface area contributed by atoms with E-state index in [1.807, 2.05) is 24.3 Å². The van der Waals surface area contributed by atoms with Crippen LogP contribution in [0.5, 0.6) is 11.5 Å². The maximum atomic E-state index is 6.02. The van der Waals surface area contributed by atoms with Crippen molar-refractivity contribution in [3.05, 3.63) is 66.2 Å². The van der Waals surface area contributed by atoms with Gasteiger partial charge in [-0.3, -0.25) is 0 Å². The fraction of sp³-hybridized carbons (Fsp3) is 0.238. The molecule has 0 aliphatic heterocycles. The average molecular weight is 321 g/mol. The Labute approximate surface area is 143 Å².